The monoisotopic (exact) mass is 263 g/mol. The Morgan fingerprint density at radius 2 is 2.05 bits per heavy atom. The first-order valence-electron chi connectivity index (χ1n) is 6.96. The van der Waals surface area contributed by atoms with Crippen LogP contribution in [0.1, 0.15) is 36.4 Å². The minimum atomic E-state index is 0.0323. The number of nitrogens with zero attached hydrogens (tertiary/aromatic N) is 1. The third kappa shape index (κ3) is 2.49. The van der Waals surface area contributed by atoms with E-state index in [0.29, 0.717) is 0 Å². The Balaban J connectivity index is 2.37. The molecule has 1 saturated carbocycles. The van der Waals surface area contributed by atoms with Crippen molar-refractivity contribution < 1.29 is 9.84 Å². The number of ether oxygens (including phenoxy) is 1. The van der Waals surface area contributed by atoms with Crippen LogP contribution in [0.5, 0.6) is 5.75 Å². The van der Waals surface area contributed by atoms with E-state index in [-0.39, 0.29) is 18.1 Å². The topological polar surface area (TPSA) is 32.7 Å². The Labute approximate surface area is 116 Å². The highest BCUT2D eigenvalue weighted by Gasteiger charge is 2.45. The molecular formula is C16H25NO2. The van der Waals surface area contributed by atoms with Crippen LogP contribution in [-0.2, 0) is 0 Å². The Morgan fingerprint density at radius 1 is 1.37 bits per heavy atom. The smallest absolute Gasteiger partial charge is 0.121 e. The zero-order valence-electron chi connectivity index (χ0n) is 12.4. The highest BCUT2D eigenvalue weighted by atomic mass is 16.5. The van der Waals surface area contributed by atoms with E-state index in [0.717, 1.165) is 24.2 Å². The molecule has 1 aromatic rings. The first-order valence-corrected chi connectivity index (χ1v) is 6.96. The van der Waals surface area contributed by atoms with Crippen LogP contribution in [0.25, 0.3) is 0 Å². The van der Waals surface area contributed by atoms with E-state index in [2.05, 4.69) is 38.1 Å². The molecule has 0 aliphatic heterocycles. The SMILES string of the molecule is COc1ccc(C(N(C)C)C2(CO)CCC2)cc1C. The summed E-state index contributed by atoms with van der Waals surface area (Å²) in [5.74, 6) is 0.924. The lowest BCUT2D eigenvalue weighted by Gasteiger charge is -2.49. The lowest BCUT2D eigenvalue weighted by molar-refractivity contribution is -0.0308. The maximum Gasteiger partial charge on any atom is 0.121 e. The van der Waals surface area contributed by atoms with Gasteiger partial charge in [-0.2, -0.15) is 0 Å². The largest absolute Gasteiger partial charge is 0.496 e. The molecule has 1 atom stereocenters. The second-order valence-corrected chi connectivity index (χ2v) is 5.97. The van der Waals surface area contributed by atoms with Crippen molar-refractivity contribution in [2.24, 2.45) is 5.41 Å². The predicted octanol–water partition coefficient (Wildman–Crippen LogP) is 2.77. The van der Waals surface area contributed by atoms with Crippen molar-refractivity contribution in [3.63, 3.8) is 0 Å². The molecule has 0 bridgehead atoms. The van der Waals surface area contributed by atoms with Crippen molar-refractivity contribution in [2.45, 2.75) is 32.2 Å². The first kappa shape index (κ1) is 14.4. The maximum atomic E-state index is 9.84. The van der Waals surface area contributed by atoms with Gasteiger partial charge in [0.1, 0.15) is 5.75 Å². The molecule has 0 saturated heterocycles. The van der Waals surface area contributed by atoms with Crippen LogP contribution in [0.15, 0.2) is 18.2 Å². The molecule has 0 spiro atoms. The van der Waals surface area contributed by atoms with E-state index in [4.69, 9.17) is 4.74 Å². The van der Waals surface area contributed by atoms with Crippen molar-refractivity contribution in [1.29, 1.82) is 0 Å². The number of rotatable bonds is 5. The quantitative estimate of drug-likeness (QED) is 0.886. The molecule has 1 N–H and O–H groups in total. The van der Waals surface area contributed by atoms with Crippen LogP contribution in [-0.4, -0.2) is 37.8 Å². The molecule has 3 nitrogen and oxygen atoms in total. The van der Waals surface area contributed by atoms with Crippen molar-refractivity contribution in [3.8, 4) is 5.75 Å². The lowest BCUT2D eigenvalue weighted by atomic mass is 9.62. The fourth-order valence-electron chi connectivity index (χ4n) is 3.42. The Morgan fingerprint density at radius 3 is 2.42 bits per heavy atom. The van der Waals surface area contributed by atoms with Crippen LogP contribution in [0.4, 0.5) is 0 Å². The number of aliphatic hydroxyl groups is 1. The maximum absolute atomic E-state index is 9.84. The minimum Gasteiger partial charge on any atom is -0.496 e. The molecule has 3 heteroatoms. The van der Waals surface area contributed by atoms with Crippen LogP contribution in [0.2, 0.25) is 0 Å². The first-order chi connectivity index (χ1) is 9.04. The van der Waals surface area contributed by atoms with Crippen LogP contribution >= 0.6 is 0 Å². The van der Waals surface area contributed by atoms with E-state index < -0.39 is 0 Å². The summed E-state index contributed by atoms with van der Waals surface area (Å²) in [6, 6.07) is 6.63. The average Bonchev–Trinajstić information content (AvgIpc) is 2.33. The zero-order valence-corrected chi connectivity index (χ0v) is 12.4. The molecule has 1 fully saturated rings. The number of benzene rings is 1. The highest BCUT2D eigenvalue weighted by Crippen LogP contribution is 2.52. The minimum absolute atomic E-state index is 0.0323. The van der Waals surface area contributed by atoms with Crippen LogP contribution in [0, 0.1) is 12.3 Å². The number of methoxy groups -OCH3 is 1. The van der Waals surface area contributed by atoms with E-state index in [1.54, 1.807) is 7.11 Å². The van der Waals surface area contributed by atoms with Gasteiger partial charge in [0.15, 0.2) is 0 Å². The van der Waals surface area contributed by atoms with Gasteiger partial charge >= 0.3 is 0 Å². The van der Waals surface area contributed by atoms with Gasteiger partial charge in [-0.1, -0.05) is 18.6 Å². The standard InChI is InChI=1S/C16H25NO2/c1-12-10-13(6-7-14(12)19-4)15(17(2)3)16(11-18)8-5-9-16/h6-7,10,15,18H,5,8-9,11H2,1-4H3. The van der Waals surface area contributed by atoms with E-state index in [1.165, 1.54) is 12.0 Å². The number of hydrogen-bond acceptors (Lipinski definition) is 3. The lowest BCUT2D eigenvalue weighted by Crippen LogP contribution is -2.45. The van der Waals surface area contributed by atoms with E-state index >= 15 is 0 Å². The third-order valence-electron chi connectivity index (χ3n) is 4.50. The second kappa shape index (κ2) is 5.51. The molecule has 0 aromatic heterocycles. The fraction of sp³-hybridized carbons (Fsp3) is 0.625. The molecule has 0 heterocycles. The van der Waals surface area contributed by atoms with Crippen LogP contribution < -0.4 is 4.74 Å². The van der Waals surface area contributed by atoms with E-state index in [9.17, 15) is 5.11 Å². The molecule has 0 amide bonds. The Bertz CT molecular complexity index is 433. The van der Waals surface area contributed by atoms with Crippen molar-refractivity contribution in [2.75, 3.05) is 27.8 Å². The summed E-state index contributed by atoms with van der Waals surface area (Å²) in [6.45, 7) is 2.34. The van der Waals surface area contributed by atoms with Gasteiger partial charge in [0.05, 0.1) is 13.7 Å². The summed E-state index contributed by atoms with van der Waals surface area (Å²) < 4.78 is 5.33. The van der Waals surface area contributed by atoms with Gasteiger partial charge in [-0.05, 0) is 51.1 Å². The summed E-state index contributed by atoms with van der Waals surface area (Å²) in [5.41, 5.74) is 2.46. The van der Waals surface area contributed by atoms with Gasteiger partial charge in [0.25, 0.3) is 0 Å². The van der Waals surface area contributed by atoms with Crippen molar-refractivity contribution in [3.05, 3.63) is 29.3 Å². The molecule has 0 radical (unpaired) electrons. The van der Waals surface area contributed by atoms with Crippen molar-refractivity contribution in [1.82, 2.24) is 4.90 Å². The summed E-state index contributed by atoms with van der Waals surface area (Å²) in [5, 5.41) is 9.84. The molecule has 1 unspecified atom stereocenters. The van der Waals surface area contributed by atoms with Crippen LogP contribution in [0.3, 0.4) is 0 Å². The molecule has 1 aliphatic rings. The molecule has 19 heavy (non-hydrogen) atoms. The predicted molar refractivity (Wildman–Crippen MR) is 77.5 cm³/mol. The van der Waals surface area contributed by atoms with Gasteiger partial charge < -0.3 is 14.7 Å². The summed E-state index contributed by atoms with van der Waals surface area (Å²) >= 11 is 0. The van der Waals surface area contributed by atoms with Gasteiger partial charge in [-0.3, -0.25) is 0 Å². The summed E-state index contributed by atoms with van der Waals surface area (Å²) in [7, 11) is 5.90. The Hall–Kier alpha value is -1.06. The number of aryl methyl sites for hydroxylation is 1. The van der Waals surface area contributed by atoms with Gasteiger partial charge in [0, 0.05) is 11.5 Å². The summed E-state index contributed by atoms with van der Waals surface area (Å²) in [6.07, 6.45) is 3.44. The fourth-order valence-corrected chi connectivity index (χ4v) is 3.42. The molecule has 1 aromatic carbocycles. The zero-order chi connectivity index (χ0) is 14.0. The number of aliphatic hydroxyl groups excluding tert-OH is 1. The Kier molecular flexibility index (Phi) is 4.16. The van der Waals surface area contributed by atoms with Gasteiger partial charge in [-0.15, -0.1) is 0 Å². The van der Waals surface area contributed by atoms with Crippen molar-refractivity contribution >= 4 is 0 Å². The number of hydrogen-bond donors (Lipinski definition) is 1. The van der Waals surface area contributed by atoms with Gasteiger partial charge in [-0.25, -0.2) is 0 Å². The highest BCUT2D eigenvalue weighted by molar-refractivity contribution is 5.38. The summed E-state index contributed by atoms with van der Waals surface area (Å²) in [4.78, 5) is 2.23. The van der Waals surface area contributed by atoms with Gasteiger partial charge in [0.2, 0.25) is 0 Å². The molecule has 2 rings (SSSR count). The second-order valence-electron chi connectivity index (χ2n) is 5.97. The molecule has 106 valence electrons. The molecule has 1 aliphatic carbocycles. The van der Waals surface area contributed by atoms with E-state index in [1.807, 2.05) is 6.07 Å². The normalized spacial score (nSPS) is 19.1. The third-order valence-corrected chi connectivity index (χ3v) is 4.50. The molecular weight excluding hydrogens is 238 g/mol. The average molecular weight is 263 g/mol.